The molecular formula is C17H18N6O. The van der Waals surface area contributed by atoms with Crippen molar-refractivity contribution in [1.29, 1.82) is 5.26 Å². The Balaban J connectivity index is 1.97. The first-order valence-corrected chi connectivity index (χ1v) is 7.62. The highest BCUT2D eigenvalue weighted by Gasteiger charge is 2.19. The van der Waals surface area contributed by atoms with Gasteiger partial charge in [-0.25, -0.2) is 9.67 Å². The van der Waals surface area contributed by atoms with E-state index in [0.717, 1.165) is 5.56 Å². The second-order valence-corrected chi connectivity index (χ2v) is 6.72. The largest absolute Gasteiger partial charge is 0.471 e. The van der Waals surface area contributed by atoms with Gasteiger partial charge in [0.25, 0.3) is 0 Å². The lowest BCUT2D eigenvalue weighted by Crippen LogP contribution is -2.17. The molecule has 122 valence electrons. The average molecular weight is 322 g/mol. The van der Waals surface area contributed by atoms with E-state index < -0.39 is 0 Å². The second-order valence-electron chi connectivity index (χ2n) is 6.72. The Kier molecular flexibility index (Phi) is 4.13. The monoisotopic (exact) mass is 322 g/mol. The SMILES string of the molecule is CC(C)(C)Cn1nc(OCc2cccnc2)c2cnc(C#N)nc21. The summed E-state index contributed by atoms with van der Waals surface area (Å²) in [5.41, 5.74) is 1.57. The Morgan fingerprint density at radius 2 is 2.12 bits per heavy atom. The van der Waals surface area contributed by atoms with Gasteiger partial charge in [-0.15, -0.1) is 5.10 Å². The highest BCUT2D eigenvalue weighted by atomic mass is 16.5. The standard InChI is InChI=1S/C17H18N6O/c1-17(2,3)11-23-15-13(9-20-14(7-18)21-15)16(22-23)24-10-12-5-4-6-19-8-12/h4-6,8-9H,10-11H2,1-3H3. The van der Waals surface area contributed by atoms with E-state index in [2.05, 4.69) is 40.8 Å². The van der Waals surface area contributed by atoms with Gasteiger partial charge < -0.3 is 4.74 Å². The maximum Gasteiger partial charge on any atom is 0.244 e. The molecule has 0 aromatic carbocycles. The molecule has 0 N–H and O–H groups in total. The molecule has 0 spiro atoms. The number of nitriles is 1. The van der Waals surface area contributed by atoms with Gasteiger partial charge >= 0.3 is 0 Å². The maximum atomic E-state index is 9.04. The summed E-state index contributed by atoms with van der Waals surface area (Å²) in [6, 6.07) is 5.76. The maximum absolute atomic E-state index is 9.04. The molecule has 0 fully saturated rings. The molecule has 3 heterocycles. The summed E-state index contributed by atoms with van der Waals surface area (Å²) in [7, 11) is 0. The van der Waals surface area contributed by atoms with Crippen LogP contribution in [0.4, 0.5) is 0 Å². The summed E-state index contributed by atoms with van der Waals surface area (Å²) in [6.07, 6.45) is 5.05. The van der Waals surface area contributed by atoms with Gasteiger partial charge in [-0.3, -0.25) is 4.98 Å². The number of ether oxygens (including phenoxy) is 1. The summed E-state index contributed by atoms with van der Waals surface area (Å²) in [4.78, 5) is 12.4. The fraction of sp³-hybridized carbons (Fsp3) is 0.353. The predicted octanol–water partition coefficient (Wildman–Crippen LogP) is 2.72. The van der Waals surface area contributed by atoms with Crippen molar-refractivity contribution in [3.8, 4) is 11.9 Å². The van der Waals surface area contributed by atoms with Gasteiger partial charge in [-0.1, -0.05) is 26.8 Å². The van der Waals surface area contributed by atoms with E-state index in [1.54, 1.807) is 23.3 Å². The van der Waals surface area contributed by atoms with Gasteiger partial charge in [0, 0.05) is 30.7 Å². The first-order valence-electron chi connectivity index (χ1n) is 7.62. The van der Waals surface area contributed by atoms with E-state index in [4.69, 9.17) is 10.00 Å². The predicted molar refractivity (Wildman–Crippen MR) is 88.1 cm³/mol. The smallest absolute Gasteiger partial charge is 0.244 e. The number of pyridine rings is 1. The van der Waals surface area contributed by atoms with E-state index in [0.29, 0.717) is 30.1 Å². The van der Waals surface area contributed by atoms with Crippen LogP contribution in [0.25, 0.3) is 11.0 Å². The minimum absolute atomic E-state index is 0.0112. The van der Waals surface area contributed by atoms with Crippen LogP contribution in [0.1, 0.15) is 32.2 Å². The van der Waals surface area contributed by atoms with E-state index in [9.17, 15) is 0 Å². The molecule has 0 saturated carbocycles. The third kappa shape index (κ3) is 3.49. The molecule has 24 heavy (non-hydrogen) atoms. The minimum atomic E-state index is 0.0112. The molecule has 7 nitrogen and oxygen atoms in total. The van der Waals surface area contributed by atoms with Crippen LogP contribution < -0.4 is 4.74 Å². The van der Waals surface area contributed by atoms with Crippen molar-refractivity contribution < 1.29 is 4.74 Å². The quantitative estimate of drug-likeness (QED) is 0.733. The fourth-order valence-corrected chi connectivity index (χ4v) is 2.29. The Hall–Kier alpha value is -3.01. The third-order valence-corrected chi connectivity index (χ3v) is 3.28. The molecule has 0 unspecified atom stereocenters. The molecule has 3 aromatic rings. The van der Waals surface area contributed by atoms with Gasteiger partial charge in [0.15, 0.2) is 5.65 Å². The molecule has 0 bridgehead atoms. The molecule has 0 aliphatic carbocycles. The molecule has 3 aromatic heterocycles. The van der Waals surface area contributed by atoms with E-state index in [1.165, 1.54) is 0 Å². The van der Waals surface area contributed by atoms with E-state index in [-0.39, 0.29) is 11.2 Å². The number of rotatable bonds is 4. The molecule has 0 atom stereocenters. The summed E-state index contributed by atoms with van der Waals surface area (Å²) in [5, 5.41) is 14.3. The van der Waals surface area contributed by atoms with Crippen LogP contribution in [0.3, 0.4) is 0 Å². The van der Waals surface area contributed by atoms with Crippen molar-refractivity contribution in [3.05, 3.63) is 42.1 Å². The van der Waals surface area contributed by atoms with Crippen molar-refractivity contribution in [2.24, 2.45) is 5.41 Å². The van der Waals surface area contributed by atoms with Crippen LogP contribution in [-0.4, -0.2) is 24.7 Å². The number of hydrogen-bond donors (Lipinski definition) is 0. The minimum Gasteiger partial charge on any atom is -0.471 e. The van der Waals surface area contributed by atoms with Crippen molar-refractivity contribution in [3.63, 3.8) is 0 Å². The van der Waals surface area contributed by atoms with Crippen molar-refractivity contribution in [1.82, 2.24) is 24.7 Å². The van der Waals surface area contributed by atoms with Crippen molar-refractivity contribution in [2.45, 2.75) is 33.9 Å². The van der Waals surface area contributed by atoms with Gasteiger partial charge in [-0.2, -0.15) is 10.2 Å². The van der Waals surface area contributed by atoms with Crippen molar-refractivity contribution >= 4 is 11.0 Å². The normalized spacial score (nSPS) is 11.4. The molecule has 0 amide bonds. The van der Waals surface area contributed by atoms with Crippen LogP contribution in [0.2, 0.25) is 0 Å². The van der Waals surface area contributed by atoms with Crippen molar-refractivity contribution in [2.75, 3.05) is 0 Å². The first kappa shape index (κ1) is 15.9. The number of aromatic nitrogens is 5. The zero-order valence-corrected chi connectivity index (χ0v) is 13.9. The van der Waals surface area contributed by atoms with Gasteiger partial charge in [0.2, 0.25) is 11.7 Å². The van der Waals surface area contributed by atoms with Crippen LogP contribution in [0, 0.1) is 16.7 Å². The molecule has 0 radical (unpaired) electrons. The van der Waals surface area contributed by atoms with Crippen LogP contribution in [-0.2, 0) is 13.2 Å². The molecule has 0 aliphatic rings. The Labute approximate surface area is 139 Å². The summed E-state index contributed by atoms with van der Waals surface area (Å²) in [5.74, 6) is 0.582. The Morgan fingerprint density at radius 3 is 2.79 bits per heavy atom. The van der Waals surface area contributed by atoms with Crippen LogP contribution in [0.5, 0.6) is 5.88 Å². The van der Waals surface area contributed by atoms with Gasteiger partial charge in [-0.05, 0) is 11.5 Å². The third-order valence-electron chi connectivity index (χ3n) is 3.28. The van der Waals surface area contributed by atoms with Crippen LogP contribution in [0.15, 0.2) is 30.7 Å². The second kappa shape index (κ2) is 6.24. The lowest BCUT2D eigenvalue weighted by Gasteiger charge is -2.17. The number of hydrogen-bond acceptors (Lipinski definition) is 6. The number of nitrogens with zero attached hydrogens (tertiary/aromatic N) is 6. The molecule has 0 aliphatic heterocycles. The topological polar surface area (TPSA) is 89.5 Å². The fourth-order valence-electron chi connectivity index (χ4n) is 2.29. The summed E-state index contributed by atoms with van der Waals surface area (Å²) < 4.78 is 7.61. The van der Waals surface area contributed by atoms with Crippen LogP contribution >= 0.6 is 0 Å². The Morgan fingerprint density at radius 1 is 1.29 bits per heavy atom. The lowest BCUT2D eigenvalue weighted by molar-refractivity contribution is 0.280. The molecular weight excluding hydrogens is 304 g/mol. The summed E-state index contributed by atoms with van der Waals surface area (Å²) >= 11 is 0. The van der Waals surface area contributed by atoms with Gasteiger partial charge in [0.05, 0.1) is 0 Å². The van der Waals surface area contributed by atoms with E-state index in [1.807, 2.05) is 18.2 Å². The highest BCUT2D eigenvalue weighted by Crippen LogP contribution is 2.26. The molecule has 0 saturated heterocycles. The zero-order chi connectivity index (χ0) is 17.2. The average Bonchev–Trinajstić information content (AvgIpc) is 2.89. The first-order chi connectivity index (χ1) is 11.5. The molecule has 7 heteroatoms. The zero-order valence-electron chi connectivity index (χ0n) is 13.9. The molecule has 3 rings (SSSR count). The Bertz CT molecular complexity index is 889. The highest BCUT2D eigenvalue weighted by molar-refractivity contribution is 5.80. The lowest BCUT2D eigenvalue weighted by atomic mass is 9.97. The summed E-state index contributed by atoms with van der Waals surface area (Å²) in [6.45, 7) is 7.35. The van der Waals surface area contributed by atoms with Gasteiger partial charge in [0.1, 0.15) is 18.1 Å². The van der Waals surface area contributed by atoms with E-state index >= 15 is 0 Å². The number of fused-ring (bicyclic) bond motifs is 1.